The van der Waals surface area contributed by atoms with E-state index >= 15 is 0 Å². The maximum Gasteiger partial charge on any atom is 0.264 e. The van der Waals surface area contributed by atoms with E-state index in [1.165, 1.54) is 21.6 Å². The van der Waals surface area contributed by atoms with Crippen LogP contribution in [0.5, 0.6) is 0 Å². The lowest BCUT2D eigenvalue weighted by atomic mass is 9.97. The minimum Gasteiger partial charge on any atom is -0.378 e. The fourth-order valence-corrected chi connectivity index (χ4v) is 4.45. The third kappa shape index (κ3) is 5.53. The summed E-state index contributed by atoms with van der Waals surface area (Å²) in [6, 6.07) is 15.8. The molecule has 0 aliphatic carbocycles. The zero-order chi connectivity index (χ0) is 26.9. The Labute approximate surface area is 214 Å². The number of nitrogens with zero attached hydrogens (tertiary/aromatic N) is 3. The van der Waals surface area contributed by atoms with Gasteiger partial charge in [-0.05, 0) is 67.3 Å². The molecule has 0 spiro atoms. The molecular weight excluding hydrogens is 474 g/mol. The lowest BCUT2D eigenvalue weighted by molar-refractivity contribution is -0.129. The summed E-state index contributed by atoms with van der Waals surface area (Å²) >= 11 is 0. The number of pyridine rings is 2. The van der Waals surface area contributed by atoms with Crippen molar-refractivity contribution < 1.29 is 13.6 Å². The highest BCUT2D eigenvalue weighted by atomic mass is 19.3. The Morgan fingerprint density at radius 2 is 1.73 bits per heavy atom. The van der Waals surface area contributed by atoms with Gasteiger partial charge in [-0.25, -0.2) is 8.78 Å². The Morgan fingerprint density at radius 3 is 2.41 bits per heavy atom. The predicted molar refractivity (Wildman–Crippen MR) is 143 cm³/mol. The largest absolute Gasteiger partial charge is 0.378 e. The van der Waals surface area contributed by atoms with Crippen LogP contribution in [0.25, 0.3) is 22.0 Å². The molecule has 1 N–H and O–H groups in total. The monoisotopic (exact) mass is 504 g/mol. The molecule has 0 aliphatic rings. The van der Waals surface area contributed by atoms with E-state index in [2.05, 4.69) is 10.3 Å². The van der Waals surface area contributed by atoms with Crippen molar-refractivity contribution in [1.82, 2.24) is 14.5 Å². The summed E-state index contributed by atoms with van der Waals surface area (Å²) in [5, 5.41) is 4.34. The molecule has 37 heavy (non-hydrogen) atoms. The highest BCUT2D eigenvalue weighted by Crippen LogP contribution is 2.33. The first-order valence-corrected chi connectivity index (χ1v) is 12.0. The SMILES string of the molecule is Cc1cc(N[C@H](C)c2cccc(C(F)F)c2C)c2cc(-c3ccn(CC(=O)N(C)C)c(=O)c3)ccc2n1. The van der Waals surface area contributed by atoms with E-state index in [1.807, 2.05) is 50.2 Å². The van der Waals surface area contributed by atoms with Crippen LogP contribution in [0.2, 0.25) is 0 Å². The number of carbonyl (C=O) groups excluding carboxylic acids is 1. The normalized spacial score (nSPS) is 12.1. The van der Waals surface area contributed by atoms with Crippen molar-refractivity contribution >= 4 is 22.5 Å². The van der Waals surface area contributed by atoms with E-state index in [4.69, 9.17) is 0 Å². The second-order valence-electron chi connectivity index (χ2n) is 9.44. The van der Waals surface area contributed by atoms with Crippen LogP contribution in [-0.2, 0) is 11.3 Å². The number of nitrogens with one attached hydrogen (secondary N) is 1. The molecule has 0 unspecified atom stereocenters. The second-order valence-corrected chi connectivity index (χ2v) is 9.44. The van der Waals surface area contributed by atoms with Gasteiger partial charge in [0.05, 0.1) is 5.52 Å². The average molecular weight is 505 g/mol. The third-order valence-electron chi connectivity index (χ3n) is 6.56. The van der Waals surface area contributed by atoms with E-state index in [0.29, 0.717) is 5.56 Å². The van der Waals surface area contributed by atoms with E-state index in [-0.39, 0.29) is 29.6 Å². The van der Waals surface area contributed by atoms with Crippen molar-refractivity contribution in [3.05, 3.63) is 93.5 Å². The van der Waals surface area contributed by atoms with Crippen LogP contribution in [0.1, 0.15) is 41.8 Å². The standard InChI is InChI=1S/C29H30F2N4O2/c1-17-13-26(33-19(3)22-7-6-8-23(18(22)2)29(30)31)24-14-20(9-10-25(24)32-17)21-11-12-35(27(36)15-21)16-28(37)34(4)5/h6-15,19,29H,16H2,1-5H3,(H,32,33)/t19-/m1/s1. The molecule has 2 aromatic carbocycles. The molecule has 1 amide bonds. The molecule has 192 valence electrons. The van der Waals surface area contributed by atoms with E-state index in [1.54, 1.807) is 33.3 Å². The number of likely N-dealkylation sites (N-methyl/N-ethyl adjacent to an activating group) is 1. The zero-order valence-corrected chi connectivity index (χ0v) is 21.5. The van der Waals surface area contributed by atoms with Gasteiger partial charge in [0.15, 0.2) is 0 Å². The zero-order valence-electron chi connectivity index (χ0n) is 21.5. The molecule has 6 nitrogen and oxygen atoms in total. The van der Waals surface area contributed by atoms with Crippen molar-refractivity contribution in [2.24, 2.45) is 0 Å². The van der Waals surface area contributed by atoms with Gasteiger partial charge in [0.25, 0.3) is 12.0 Å². The van der Waals surface area contributed by atoms with Crippen LogP contribution in [0, 0.1) is 13.8 Å². The number of anilines is 1. The third-order valence-corrected chi connectivity index (χ3v) is 6.56. The predicted octanol–water partition coefficient (Wildman–Crippen LogP) is 5.88. The fraction of sp³-hybridized carbons (Fsp3) is 0.276. The number of carbonyl (C=O) groups is 1. The van der Waals surface area contributed by atoms with Gasteiger partial charge >= 0.3 is 0 Å². The van der Waals surface area contributed by atoms with E-state index in [9.17, 15) is 18.4 Å². The number of rotatable bonds is 7. The first-order chi connectivity index (χ1) is 17.5. The summed E-state index contributed by atoms with van der Waals surface area (Å²) in [5.74, 6) is -0.166. The van der Waals surface area contributed by atoms with Crippen molar-refractivity contribution in [1.29, 1.82) is 0 Å². The molecule has 4 rings (SSSR count). The maximum atomic E-state index is 13.4. The summed E-state index contributed by atoms with van der Waals surface area (Å²) in [7, 11) is 3.30. The molecule has 0 fully saturated rings. The van der Waals surface area contributed by atoms with Crippen molar-refractivity contribution in [3.8, 4) is 11.1 Å². The minimum absolute atomic E-state index is 0.0227. The average Bonchev–Trinajstić information content (AvgIpc) is 2.84. The number of benzene rings is 2. The number of halogens is 2. The van der Waals surface area contributed by atoms with Crippen LogP contribution in [0.4, 0.5) is 14.5 Å². The number of hydrogen-bond acceptors (Lipinski definition) is 4. The van der Waals surface area contributed by atoms with E-state index < -0.39 is 6.43 Å². The lowest BCUT2D eigenvalue weighted by Gasteiger charge is -2.21. The van der Waals surface area contributed by atoms with Crippen molar-refractivity contribution in [2.75, 3.05) is 19.4 Å². The van der Waals surface area contributed by atoms with Gasteiger partial charge in [-0.1, -0.05) is 24.3 Å². The number of alkyl halides is 2. The highest BCUT2D eigenvalue weighted by Gasteiger charge is 2.17. The molecule has 2 heterocycles. The van der Waals surface area contributed by atoms with Gasteiger partial charge in [0, 0.05) is 54.7 Å². The van der Waals surface area contributed by atoms with Crippen molar-refractivity contribution in [3.63, 3.8) is 0 Å². The molecular formula is C29H30F2N4O2. The molecule has 4 aromatic rings. The summed E-state index contributed by atoms with van der Waals surface area (Å²) in [6.07, 6.45) is -0.911. The molecule has 0 aliphatic heterocycles. The van der Waals surface area contributed by atoms with Gasteiger partial charge in [-0.2, -0.15) is 0 Å². The van der Waals surface area contributed by atoms with Crippen LogP contribution in [0.15, 0.2) is 65.6 Å². The summed E-state index contributed by atoms with van der Waals surface area (Å²) in [4.78, 5) is 30.8. The first kappa shape index (κ1) is 26.0. The second kappa shape index (κ2) is 10.5. The summed E-state index contributed by atoms with van der Waals surface area (Å²) < 4.78 is 28.3. The van der Waals surface area contributed by atoms with Crippen molar-refractivity contribution in [2.45, 2.75) is 39.8 Å². The number of aryl methyl sites for hydroxylation is 1. The molecule has 1 atom stereocenters. The molecule has 0 bridgehead atoms. The van der Waals surface area contributed by atoms with Crippen LogP contribution < -0.4 is 10.9 Å². The van der Waals surface area contributed by atoms with Gasteiger partial charge in [0.1, 0.15) is 6.54 Å². The number of amides is 1. The molecule has 0 saturated carbocycles. The number of hydrogen-bond donors (Lipinski definition) is 1. The molecule has 0 radical (unpaired) electrons. The van der Waals surface area contributed by atoms with Crippen LogP contribution in [-0.4, -0.2) is 34.5 Å². The molecule has 0 saturated heterocycles. The lowest BCUT2D eigenvalue weighted by Crippen LogP contribution is -2.31. The number of fused-ring (bicyclic) bond motifs is 1. The first-order valence-electron chi connectivity index (χ1n) is 12.0. The van der Waals surface area contributed by atoms with Crippen LogP contribution in [0.3, 0.4) is 0 Å². The highest BCUT2D eigenvalue weighted by molar-refractivity contribution is 5.94. The Bertz CT molecular complexity index is 1530. The van der Waals surface area contributed by atoms with Gasteiger partial charge in [-0.15, -0.1) is 0 Å². The topological polar surface area (TPSA) is 67.2 Å². The Morgan fingerprint density at radius 1 is 1.03 bits per heavy atom. The Hall–Kier alpha value is -4.07. The van der Waals surface area contributed by atoms with Gasteiger partial charge in [0.2, 0.25) is 5.91 Å². The molecule has 8 heteroatoms. The number of aromatic nitrogens is 2. The molecule has 2 aromatic heterocycles. The van der Waals surface area contributed by atoms with Gasteiger partial charge in [-0.3, -0.25) is 14.6 Å². The summed E-state index contributed by atoms with van der Waals surface area (Å²) in [5.41, 5.74) is 5.11. The maximum absolute atomic E-state index is 13.4. The smallest absolute Gasteiger partial charge is 0.264 e. The fourth-order valence-electron chi connectivity index (χ4n) is 4.45. The van der Waals surface area contributed by atoms with E-state index in [0.717, 1.165) is 39.0 Å². The quantitative estimate of drug-likeness (QED) is 0.341. The van der Waals surface area contributed by atoms with Crippen LogP contribution >= 0.6 is 0 Å². The summed E-state index contributed by atoms with van der Waals surface area (Å²) in [6.45, 7) is 5.54. The van der Waals surface area contributed by atoms with Gasteiger partial charge < -0.3 is 14.8 Å². The Kier molecular flexibility index (Phi) is 7.38. The Balaban J connectivity index is 1.70. The minimum atomic E-state index is -2.53.